The number of nitrogens with one attached hydrogen (secondary N) is 1. The van der Waals surface area contributed by atoms with Gasteiger partial charge in [0.25, 0.3) is 5.91 Å². The number of carbonyl (C=O) groups excluding carboxylic acids is 2. The smallest absolute Gasteiger partial charge is 0.368 e. The number of alkyl halides is 3. The number of hydrogen-bond donors (Lipinski definition) is 2. The fraction of sp³-hybridized carbons (Fsp3) is 0.333. The molecule has 1 atom stereocenters. The zero-order chi connectivity index (χ0) is 16.8. The Balaban J connectivity index is 2.91. The van der Waals surface area contributed by atoms with Gasteiger partial charge < -0.3 is 11.1 Å². The maximum atomic E-state index is 12.9. The van der Waals surface area contributed by atoms with E-state index in [1.807, 2.05) is 0 Å². The van der Waals surface area contributed by atoms with E-state index in [4.69, 9.17) is 5.73 Å². The van der Waals surface area contributed by atoms with Gasteiger partial charge in [-0.2, -0.15) is 13.2 Å². The van der Waals surface area contributed by atoms with Crippen LogP contribution in [0.4, 0.5) is 13.2 Å². The van der Waals surface area contributed by atoms with Crippen LogP contribution in [0.3, 0.4) is 0 Å². The Morgan fingerprint density at radius 2 is 1.95 bits per heavy atom. The van der Waals surface area contributed by atoms with Gasteiger partial charge in [-0.25, -0.2) is 0 Å². The summed E-state index contributed by atoms with van der Waals surface area (Å²) in [7, 11) is 0. The summed E-state index contributed by atoms with van der Waals surface area (Å²) in [6.07, 6.45) is -1.63. The summed E-state index contributed by atoms with van der Waals surface area (Å²) in [5.74, 6) is -1.77. The Kier molecular flexibility index (Phi) is 6.15. The van der Waals surface area contributed by atoms with Gasteiger partial charge in [-0.05, 0) is 31.4 Å². The average Bonchev–Trinajstić information content (AvgIpc) is 2.45. The number of amides is 2. The van der Waals surface area contributed by atoms with Crippen LogP contribution in [0, 0.1) is 0 Å². The third kappa shape index (κ3) is 4.91. The summed E-state index contributed by atoms with van der Waals surface area (Å²) in [5, 5.41) is 2.26. The lowest BCUT2D eigenvalue weighted by atomic mass is 10.0. The lowest BCUT2D eigenvalue weighted by Crippen LogP contribution is -2.44. The number of hydrogen-bond acceptors (Lipinski definition) is 2. The van der Waals surface area contributed by atoms with Crippen molar-refractivity contribution in [1.29, 1.82) is 0 Å². The molecular formula is C15H17F3N2O2. The number of rotatable bonds is 7. The van der Waals surface area contributed by atoms with E-state index in [2.05, 4.69) is 11.9 Å². The van der Waals surface area contributed by atoms with Crippen LogP contribution in [0.2, 0.25) is 0 Å². The van der Waals surface area contributed by atoms with Gasteiger partial charge in [0.05, 0.1) is 11.1 Å². The molecule has 2 amide bonds. The molecule has 0 fully saturated rings. The van der Waals surface area contributed by atoms with E-state index >= 15 is 0 Å². The van der Waals surface area contributed by atoms with Crippen LogP contribution in [-0.2, 0) is 11.0 Å². The monoisotopic (exact) mass is 314 g/mol. The Morgan fingerprint density at radius 1 is 1.32 bits per heavy atom. The minimum Gasteiger partial charge on any atom is -0.368 e. The van der Waals surface area contributed by atoms with Gasteiger partial charge in [0.15, 0.2) is 0 Å². The van der Waals surface area contributed by atoms with Gasteiger partial charge in [-0.3, -0.25) is 9.59 Å². The van der Waals surface area contributed by atoms with Crippen LogP contribution in [0.1, 0.15) is 35.2 Å². The van der Waals surface area contributed by atoms with E-state index < -0.39 is 35.2 Å². The van der Waals surface area contributed by atoms with Crippen molar-refractivity contribution in [2.45, 2.75) is 31.5 Å². The van der Waals surface area contributed by atoms with E-state index in [1.165, 1.54) is 12.1 Å². The van der Waals surface area contributed by atoms with E-state index in [0.717, 1.165) is 12.1 Å². The molecule has 3 N–H and O–H groups in total. The molecule has 0 heterocycles. The predicted octanol–water partition coefficient (Wildman–Crippen LogP) is 2.65. The second kappa shape index (κ2) is 7.63. The summed E-state index contributed by atoms with van der Waals surface area (Å²) >= 11 is 0. The Labute approximate surface area is 126 Å². The third-order valence-corrected chi connectivity index (χ3v) is 3.03. The molecule has 1 aromatic carbocycles. The van der Waals surface area contributed by atoms with Crippen molar-refractivity contribution in [1.82, 2.24) is 5.32 Å². The third-order valence-electron chi connectivity index (χ3n) is 3.03. The zero-order valence-corrected chi connectivity index (χ0v) is 11.8. The molecule has 0 saturated heterocycles. The van der Waals surface area contributed by atoms with Crippen LogP contribution >= 0.6 is 0 Å². The quantitative estimate of drug-likeness (QED) is 0.600. The van der Waals surface area contributed by atoms with E-state index in [0.29, 0.717) is 12.8 Å². The minimum atomic E-state index is -4.65. The second-order valence-corrected chi connectivity index (χ2v) is 4.69. The molecule has 7 heteroatoms. The van der Waals surface area contributed by atoms with Crippen LogP contribution < -0.4 is 11.1 Å². The molecule has 0 spiro atoms. The molecular weight excluding hydrogens is 297 g/mol. The van der Waals surface area contributed by atoms with Crippen LogP contribution in [0.5, 0.6) is 0 Å². The fourth-order valence-corrected chi connectivity index (χ4v) is 1.92. The Hall–Kier alpha value is -2.31. The summed E-state index contributed by atoms with van der Waals surface area (Å²) in [5.41, 5.74) is 3.58. The number of allylic oxidation sites excluding steroid dienone is 1. The molecule has 120 valence electrons. The van der Waals surface area contributed by atoms with E-state index in [-0.39, 0.29) is 6.42 Å². The van der Waals surface area contributed by atoms with Gasteiger partial charge in [-0.1, -0.05) is 18.2 Å². The number of unbranched alkanes of at least 4 members (excludes halogenated alkanes) is 1. The molecule has 0 aliphatic rings. The lowest BCUT2D eigenvalue weighted by Gasteiger charge is -2.17. The second-order valence-electron chi connectivity index (χ2n) is 4.69. The highest BCUT2D eigenvalue weighted by Crippen LogP contribution is 2.31. The highest BCUT2D eigenvalue weighted by atomic mass is 19.4. The van der Waals surface area contributed by atoms with Crippen molar-refractivity contribution < 1.29 is 22.8 Å². The van der Waals surface area contributed by atoms with Gasteiger partial charge in [-0.15, -0.1) is 6.58 Å². The molecule has 0 aliphatic carbocycles. The predicted molar refractivity (Wildman–Crippen MR) is 75.9 cm³/mol. The van der Waals surface area contributed by atoms with Crippen molar-refractivity contribution in [3.05, 3.63) is 48.0 Å². The summed E-state index contributed by atoms with van der Waals surface area (Å²) in [6, 6.07) is 3.36. The van der Waals surface area contributed by atoms with Gasteiger partial charge in [0.2, 0.25) is 5.91 Å². The molecule has 1 aromatic rings. The van der Waals surface area contributed by atoms with E-state index in [1.54, 1.807) is 6.08 Å². The molecule has 0 aliphatic heterocycles. The summed E-state index contributed by atoms with van der Waals surface area (Å²) in [6.45, 7) is 3.52. The average molecular weight is 314 g/mol. The topological polar surface area (TPSA) is 72.2 Å². The highest BCUT2D eigenvalue weighted by Gasteiger charge is 2.35. The molecule has 0 aromatic heterocycles. The van der Waals surface area contributed by atoms with Crippen LogP contribution in [0.25, 0.3) is 0 Å². The maximum absolute atomic E-state index is 12.9. The van der Waals surface area contributed by atoms with Crippen molar-refractivity contribution in [3.63, 3.8) is 0 Å². The maximum Gasteiger partial charge on any atom is 0.417 e. The highest BCUT2D eigenvalue weighted by molar-refractivity contribution is 5.98. The standard InChI is InChI=1S/C15H17F3N2O2/c1-2-3-4-9-12(13(19)21)20-14(22)10-7-5-6-8-11(10)15(16,17)18/h2,5-8,12H,1,3-4,9H2,(H2,19,21)(H,20,22)/t12-/m0/s1. The summed E-state index contributed by atoms with van der Waals surface area (Å²) < 4.78 is 38.6. The molecule has 1 rings (SSSR count). The molecule has 0 bridgehead atoms. The minimum absolute atomic E-state index is 0.237. The lowest BCUT2D eigenvalue weighted by molar-refractivity contribution is -0.137. The largest absolute Gasteiger partial charge is 0.417 e. The summed E-state index contributed by atoms with van der Waals surface area (Å²) in [4.78, 5) is 23.3. The van der Waals surface area contributed by atoms with E-state index in [9.17, 15) is 22.8 Å². The number of benzene rings is 1. The molecule has 0 saturated carbocycles. The van der Waals surface area contributed by atoms with Crippen LogP contribution in [-0.4, -0.2) is 17.9 Å². The van der Waals surface area contributed by atoms with Crippen molar-refractivity contribution in [3.8, 4) is 0 Å². The van der Waals surface area contributed by atoms with Gasteiger partial charge >= 0.3 is 6.18 Å². The number of halogens is 3. The molecule has 4 nitrogen and oxygen atoms in total. The normalized spacial score (nSPS) is 12.5. The van der Waals surface area contributed by atoms with Crippen molar-refractivity contribution in [2.24, 2.45) is 5.73 Å². The SMILES string of the molecule is C=CCCC[C@H](NC(=O)c1ccccc1C(F)(F)F)C(N)=O. The molecule has 0 radical (unpaired) electrons. The van der Waals surface area contributed by atoms with Gasteiger partial charge in [0, 0.05) is 0 Å². The zero-order valence-electron chi connectivity index (χ0n) is 11.8. The Morgan fingerprint density at radius 3 is 2.50 bits per heavy atom. The fourth-order valence-electron chi connectivity index (χ4n) is 1.92. The number of carbonyl (C=O) groups is 2. The first-order valence-corrected chi connectivity index (χ1v) is 6.64. The first-order chi connectivity index (χ1) is 10.3. The van der Waals surface area contributed by atoms with Crippen LogP contribution in [0.15, 0.2) is 36.9 Å². The molecule has 22 heavy (non-hydrogen) atoms. The molecule has 0 unspecified atom stereocenters. The first-order valence-electron chi connectivity index (χ1n) is 6.64. The number of nitrogens with two attached hydrogens (primary N) is 1. The number of primary amides is 1. The van der Waals surface area contributed by atoms with Gasteiger partial charge in [0.1, 0.15) is 6.04 Å². The Bertz CT molecular complexity index is 556. The van der Waals surface area contributed by atoms with Crippen molar-refractivity contribution in [2.75, 3.05) is 0 Å². The van der Waals surface area contributed by atoms with Crippen molar-refractivity contribution >= 4 is 11.8 Å². The first kappa shape index (κ1) is 17.7.